The third-order valence-corrected chi connectivity index (χ3v) is 5.38. The SMILES string of the molecule is Cc1c(C(F)(F)F)nnc(Oc2ncc(C#N)nc2F)c1C(=O)Nc1cccc(S(C)(=N)=O)c1. The van der Waals surface area contributed by atoms with Gasteiger partial charge in [-0.3, -0.25) is 4.79 Å². The Bertz CT molecular complexity index is 1440. The fourth-order valence-electron chi connectivity index (χ4n) is 2.69. The number of alkyl halides is 3. The van der Waals surface area contributed by atoms with Gasteiger partial charge in [0.1, 0.15) is 11.6 Å². The molecule has 0 radical (unpaired) electrons. The molecule has 1 unspecified atom stereocenters. The van der Waals surface area contributed by atoms with Crippen LogP contribution in [0.3, 0.4) is 0 Å². The van der Waals surface area contributed by atoms with Gasteiger partial charge in [0.15, 0.2) is 11.4 Å². The summed E-state index contributed by atoms with van der Waals surface area (Å²) in [7, 11) is -3.15. The van der Waals surface area contributed by atoms with Crippen LogP contribution in [-0.2, 0) is 15.9 Å². The summed E-state index contributed by atoms with van der Waals surface area (Å²) in [4.78, 5) is 19.8. The summed E-state index contributed by atoms with van der Waals surface area (Å²) in [5, 5.41) is 17.4. The van der Waals surface area contributed by atoms with Gasteiger partial charge in [-0.1, -0.05) is 6.07 Å². The molecule has 0 fully saturated rings. The smallest absolute Gasteiger partial charge is 0.414 e. The molecule has 2 N–H and O–H groups in total. The van der Waals surface area contributed by atoms with Gasteiger partial charge in [-0.2, -0.15) is 22.8 Å². The van der Waals surface area contributed by atoms with Crippen molar-refractivity contribution < 1.29 is 31.3 Å². The number of benzene rings is 1. The number of carbonyl (C=O) groups excluding carboxylic acids is 1. The van der Waals surface area contributed by atoms with Crippen LogP contribution in [0.1, 0.15) is 27.3 Å². The molecule has 15 heteroatoms. The molecular formula is C19H13F4N7O3S. The van der Waals surface area contributed by atoms with E-state index in [0.29, 0.717) is 0 Å². The van der Waals surface area contributed by atoms with Gasteiger partial charge < -0.3 is 10.1 Å². The average molecular weight is 495 g/mol. The Labute approximate surface area is 189 Å². The summed E-state index contributed by atoms with van der Waals surface area (Å²) in [5.41, 5.74) is -3.26. The van der Waals surface area contributed by atoms with Gasteiger partial charge in [-0.25, -0.2) is 19.0 Å². The Kier molecular flexibility index (Phi) is 6.46. The highest BCUT2D eigenvalue weighted by Gasteiger charge is 2.38. The molecule has 0 saturated heterocycles. The van der Waals surface area contributed by atoms with Crippen molar-refractivity contribution in [2.24, 2.45) is 0 Å². The number of anilines is 1. The zero-order valence-electron chi connectivity index (χ0n) is 17.3. The molecule has 3 rings (SSSR count). The predicted molar refractivity (Wildman–Crippen MR) is 108 cm³/mol. The van der Waals surface area contributed by atoms with Crippen LogP contribution in [0.15, 0.2) is 35.4 Å². The van der Waals surface area contributed by atoms with E-state index in [1.807, 2.05) is 0 Å². The fourth-order valence-corrected chi connectivity index (χ4v) is 3.38. The van der Waals surface area contributed by atoms with Crippen molar-refractivity contribution in [2.45, 2.75) is 18.0 Å². The number of amides is 1. The highest BCUT2D eigenvalue weighted by Crippen LogP contribution is 2.35. The van der Waals surface area contributed by atoms with Gasteiger partial charge in [-0.05, 0) is 30.7 Å². The van der Waals surface area contributed by atoms with E-state index in [0.717, 1.165) is 19.4 Å². The van der Waals surface area contributed by atoms with Gasteiger partial charge in [0.25, 0.3) is 23.6 Å². The van der Waals surface area contributed by atoms with Crippen LogP contribution < -0.4 is 10.1 Å². The molecule has 3 aromatic rings. The van der Waals surface area contributed by atoms with E-state index in [1.165, 1.54) is 24.3 Å². The molecule has 0 aliphatic rings. The average Bonchev–Trinajstić information content (AvgIpc) is 2.73. The Morgan fingerprint density at radius 3 is 2.56 bits per heavy atom. The van der Waals surface area contributed by atoms with Crippen molar-refractivity contribution >= 4 is 21.3 Å². The van der Waals surface area contributed by atoms with E-state index in [-0.39, 0.29) is 16.3 Å². The van der Waals surface area contributed by atoms with Crippen molar-refractivity contribution in [3.63, 3.8) is 0 Å². The third-order valence-electron chi connectivity index (χ3n) is 4.23. The van der Waals surface area contributed by atoms with Gasteiger partial charge in [0.2, 0.25) is 0 Å². The van der Waals surface area contributed by atoms with Crippen LogP contribution in [0.2, 0.25) is 0 Å². The lowest BCUT2D eigenvalue weighted by Gasteiger charge is -2.16. The second-order valence-electron chi connectivity index (χ2n) is 6.74. The topological polar surface area (TPSA) is 155 Å². The minimum Gasteiger partial charge on any atom is -0.414 e. The van der Waals surface area contributed by atoms with E-state index >= 15 is 0 Å². The molecule has 1 aromatic carbocycles. The van der Waals surface area contributed by atoms with Crippen LogP contribution in [0.4, 0.5) is 23.2 Å². The van der Waals surface area contributed by atoms with Crippen LogP contribution in [0.5, 0.6) is 11.8 Å². The first-order chi connectivity index (χ1) is 15.8. The normalized spacial score (nSPS) is 13.0. The lowest BCUT2D eigenvalue weighted by Crippen LogP contribution is -2.21. The summed E-state index contributed by atoms with van der Waals surface area (Å²) >= 11 is 0. The first kappa shape index (κ1) is 24.5. The van der Waals surface area contributed by atoms with Crippen LogP contribution >= 0.6 is 0 Å². The van der Waals surface area contributed by atoms with Crippen molar-refractivity contribution in [3.8, 4) is 17.8 Å². The van der Waals surface area contributed by atoms with Crippen molar-refractivity contribution in [2.75, 3.05) is 11.6 Å². The number of nitrogens with zero attached hydrogens (tertiary/aromatic N) is 5. The molecule has 1 atom stereocenters. The lowest BCUT2D eigenvalue weighted by molar-refractivity contribution is -0.142. The van der Waals surface area contributed by atoms with E-state index < -0.39 is 56.3 Å². The minimum atomic E-state index is -4.97. The third kappa shape index (κ3) is 5.23. The summed E-state index contributed by atoms with van der Waals surface area (Å²) in [5.74, 6) is -4.18. The van der Waals surface area contributed by atoms with E-state index in [9.17, 15) is 26.6 Å². The summed E-state index contributed by atoms with van der Waals surface area (Å²) in [6.45, 7) is 0.944. The number of hydrogen-bond acceptors (Lipinski definition) is 9. The second-order valence-corrected chi connectivity index (χ2v) is 8.90. The summed E-state index contributed by atoms with van der Waals surface area (Å²) in [6, 6.07) is 6.89. The highest BCUT2D eigenvalue weighted by molar-refractivity contribution is 7.91. The van der Waals surface area contributed by atoms with Gasteiger partial charge in [0.05, 0.1) is 15.9 Å². The Morgan fingerprint density at radius 1 is 1.26 bits per heavy atom. The standard InChI is InChI=1S/C19H13F4N7O3S/c1-9-13(16(31)28-10-4-3-5-12(6-10)34(2,25)32)17(30-29-14(9)19(21,22)23)33-18-15(20)27-11(7-24)8-26-18/h3-6,8,25H,1-2H3,(H,28,31). The largest absolute Gasteiger partial charge is 0.435 e. The molecule has 176 valence electrons. The minimum absolute atomic E-state index is 0.0180. The number of rotatable bonds is 5. The summed E-state index contributed by atoms with van der Waals surface area (Å²) < 4.78 is 78.9. The Morgan fingerprint density at radius 2 is 1.97 bits per heavy atom. The number of ether oxygens (including phenoxy) is 1. The number of halogens is 4. The molecule has 0 aliphatic carbocycles. The number of nitriles is 1. The molecule has 0 aliphatic heterocycles. The zero-order valence-corrected chi connectivity index (χ0v) is 18.1. The molecule has 0 spiro atoms. The van der Waals surface area contributed by atoms with Crippen LogP contribution in [-0.4, -0.2) is 36.5 Å². The maximum absolute atomic E-state index is 14.1. The van der Waals surface area contributed by atoms with Gasteiger partial charge in [-0.15, -0.1) is 10.2 Å². The number of nitrogens with one attached hydrogen (secondary N) is 2. The first-order valence-electron chi connectivity index (χ1n) is 9.01. The number of hydrogen-bond donors (Lipinski definition) is 2. The zero-order chi connectivity index (χ0) is 25.3. The molecule has 1 amide bonds. The van der Waals surface area contributed by atoms with Crippen molar-refractivity contribution in [3.05, 3.63) is 58.9 Å². The lowest BCUT2D eigenvalue weighted by atomic mass is 10.1. The molecule has 0 bridgehead atoms. The Balaban J connectivity index is 2.08. The molecule has 2 heterocycles. The second kappa shape index (κ2) is 8.98. The van der Waals surface area contributed by atoms with Crippen LogP contribution in [0, 0.1) is 29.0 Å². The Hall–Kier alpha value is -4.19. The van der Waals surface area contributed by atoms with Gasteiger partial charge in [0, 0.05) is 16.8 Å². The van der Waals surface area contributed by atoms with E-state index in [2.05, 4.69) is 25.5 Å². The quantitative estimate of drug-likeness (QED) is 0.508. The first-order valence-corrected chi connectivity index (χ1v) is 11.0. The van der Waals surface area contributed by atoms with Crippen LogP contribution in [0.25, 0.3) is 0 Å². The maximum Gasteiger partial charge on any atom is 0.435 e. The molecule has 34 heavy (non-hydrogen) atoms. The predicted octanol–water partition coefficient (Wildman–Crippen LogP) is 3.68. The highest BCUT2D eigenvalue weighted by atomic mass is 32.2. The van der Waals surface area contributed by atoms with Gasteiger partial charge >= 0.3 is 6.18 Å². The number of carbonyl (C=O) groups is 1. The van der Waals surface area contributed by atoms with E-state index in [4.69, 9.17) is 14.8 Å². The molecular weight excluding hydrogens is 482 g/mol. The van der Waals surface area contributed by atoms with Crippen molar-refractivity contribution in [1.82, 2.24) is 20.2 Å². The fraction of sp³-hybridized carbons (Fsp3) is 0.158. The summed E-state index contributed by atoms with van der Waals surface area (Å²) in [6.07, 6.45) is -2.97. The van der Waals surface area contributed by atoms with Crippen molar-refractivity contribution in [1.29, 1.82) is 10.0 Å². The monoisotopic (exact) mass is 495 g/mol. The maximum atomic E-state index is 14.1. The molecule has 2 aromatic heterocycles. The van der Waals surface area contributed by atoms with E-state index in [1.54, 1.807) is 6.07 Å². The number of aromatic nitrogens is 4. The molecule has 0 saturated carbocycles. The molecule has 10 nitrogen and oxygen atoms in total.